The van der Waals surface area contributed by atoms with E-state index in [9.17, 15) is 8.42 Å². The third-order valence-corrected chi connectivity index (χ3v) is 4.52. The highest BCUT2D eigenvalue weighted by Crippen LogP contribution is 2.05. The van der Waals surface area contributed by atoms with Crippen molar-refractivity contribution in [2.45, 2.75) is 20.3 Å². The largest absolute Gasteiger partial charge is 0.228 e. The van der Waals surface area contributed by atoms with E-state index >= 15 is 0 Å². The van der Waals surface area contributed by atoms with Gasteiger partial charge < -0.3 is 0 Å². The van der Waals surface area contributed by atoms with Gasteiger partial charge in [-0.05, 0) is 12.2 Å². The zero-order chi connectivity index (χ0) is 8.04. The molecule has 4 heteroatoms. The monoisotopic (exact) mass is 182 g/mol. The van der Waals surface area contributed by atoms with Crippen LogP contribution in [0, 0.1) is 0 Å². The molecule has 0 N–H and O–H groups in total. The first-order chi connectivity index (χ1) is 4.62. The van der Waals surface area contributed by atoms with Crippen LogP contribution in [0.1, 0.15) is 20.3 Å². The predicted octanol–water partition coefficient (Wildman–Crippen LogP) is 1.52. The summed E-state index contributed by atoms with van der Waals surface area (Å²) < 4.78 is 21.9. The van der Waals surface area contributed by atoms with Crippen molar-refractivity contribution in [2.24, 2.45) is 0 Å². The zero-order valence-electron chi connectivity index (χ0n) is 6.46. The smallest absolute Gasteiger partial charge is 0.159 e. The van der Waals surface area contributed by atoms with Crippen LogP contribution in [0.3, 0.4) is 0 Å². The van der Waals surface area contributed by atoms with Gasteiger partial charge in [-0.15, -0.1) is 11.8 Å². The Hall–Kier alpha value is 0.300. The minimum Gasteiger partial charge on any atom is -0.228 e. The molecule has 0 heterocycles. The Kier molecular flexibility index (Phi) is 5.17. The second-order valence-electron chi connectivity index (χ2n) is 2.06. The summed E-state index contributed by atoms with van der Waals surface area (Å²) in [4.78, 5) is 0. The van der Waals surface area contributed by atoms with Crippen LogP contribution in [0.15, 0.2) is 0 Å². The molecular formula is C6H14O2S2. The summed E-state index contributed by atoms with van der Waals surface area (Å²) in [5, 5.41) is 0.289. The average Bonchev–Trinajstić information content (AvgIpc) is 1.84. The van der Waals surface area contributed by atoms with Crippen molar-refractivity contribution >= 4 is 21.6 Å². The lowest BCUT2D eigenvalue weighted by Gasteiger charge is -1.98. The maximum absolute atomic E-state index is 11.0. The van der Waals surface area contributed by atoms with E-state index in [4.69, 9.17) is 0 Å². The molecule has 0 unspecified atom stereocenters. The molecule has 0 radical (unpaired) electrons. The lowest BCUT2D eigenvalue weighted by Crippen LogP contribution is -2.07. The molecule has 0 saturated carbocycles. The summed E-state index contributed by atoms with van der Waals surface area (Å²) in [6.07, 6.45) is 0.729. The summed E-state index contributed by atoms with van der Waals surface area (Å²) in [5.74, 6) is 1.21. The summed E-state index contributed by atoms with van der Waals surface area (Å²) in [6.45, 7) is 3.85. The molecule has 0 aliphatic carbocycles. The summed E-state index contributed by atoms with van der Waals surface area (Å²) in [5.41, 5.74) is 0. The highest BCUT2D eigenvalue weighted by molar-refractivity contribution is 8.12. The first kappa shape index (κ1) is 10.3. The molecule has 0 aliphatic rings. The van der Waals surface area contributed by atoms with E-state index in [0.29, 0.717) is 5.75 Å². The first-order valence-electron chi connectivity index (χ1n) is 3.40. The zero-order valence-corrected chi connectivity index (χ0v) is 8.09. The molecule has 10 heavy (non-hydrogen) atoms. The van der Waals surface area contributed by atoms with Gasteiger partial charge in [0.15, 0.2) is 9.84 Å². The SMILES string of the molecule is CCCS(=O)(=O)CSCC. The molecule has 0 saturated heterocycles. The van der Waals surface area contributed by atoms with Crippen LogP contribution in [-0.2, 0) is 9.84 Å². The van der Waals surface area contributed by atoms with Gasteiger partial charge in [0.1, 0.15) is 0 Å². The van der Waals surface area contributed by atoms with Gasteiger partial charge in [0.2, 0.25) is 0 Å². The van der Waals surface area contributed by atoms with Gasteiger partial charge in [-0.1, -0.05) is 13.8 Å². The van der Waals surface area contributed by atoms with Crippen molar-refractivity contribution in [3.05, 3.63) is 0 Å². The lowest BCUT2D eigenvalue weighted by molar-refractivity contribution is 0.599. The molecule has 0 aliphatic heterocycles. The van der Waals surface area contributed by atoms with E-state index in [1.54, 1.807) is 0 Å². The molecule has 0 aromatic heterocycles. The molecule has 0 atom stereocenters. The molecule has 0 spiro atoms. The highest BCUT2D eigenvalue weighted by atomic mass is 32.3. The van der Waals surface area contributed by atoms with Crippen molar-refractivity contribution in [1.82, 2.24) is 0 Å². The molecule has 0 aromatic carbocycles. The minimum atomic E-state index is -2.73. The van der Waals surface area contributed by atoms with Crippen molar-refractivity contribution in [1.29, 1.82) is 0 Å². The number of thioether (sulfide) groups is 1. The van der Waals surface area contributed by atoms with Crippen molar-refractivity contribution < 1.29 is 8.42 Å². The Morgan fingerprint density at radius 1 is 1.30 bits per heavy atom. The fraction of sp³-hybridized carbons (Fsp3) is 1.00. The predicted molar refractivity (Wildman–Crippen MR) is 47.1 cm³/mol. The van der Waals surface area contributed by atoms with Gasteiger partial charge >= 0.3 is 0 Å². The van der Waals surface area contributed by atoms with Crippen LogP contribution in [0.2, 0.25) is 0 Å². The Bertz CT molecular complexity index is 161. The van der Waals surface area contributed by atoms with Gasteiger partial charge in [-0.25, -0.2) is 8.42 Å². The van der Waals surface area contributed by atoms with Gasteiger partial charge in [-0.3, -0.25) is 0 Å². The quantitative estimate of drug-likeness (QED) is 0.646. The molecule has 0 bridgehead atoms. The van der Waals surface area contributed by atoms with Crippen molar-refractivity contribution in [3.8, 4) is 0 Å². The molecule has 0 aromatic rings. The van der Waals surface area contributed by atoms with Gasteiger partial charge in [0, 0.05) is 0 Å². The summed E-state index contributed by atoms with van der Waals surface area (Å²) >= 11 is 1.47. The summed E-state index contributed by atoms with van der Waals surface area (Å²) in [6, 6.07) is 0. The van der Waals surface area contributed by atoms with Gasteiger partial charge in [0.05, 0.1) is 10.8 Å². The second kappa shape index (κ2) is 5.02. The highest BCUT2D eigenvalue weighted by Gasteiger charge is 2.07. The lowest BCUT2D eigenvalue weighted by atomic mass is 10.6. The van der Waals surface area contributed by atoms with E-state index in [0.717, 1.165) is 12.2 Å². The standard InChI is InChI=1S/C6H14O2S2/c1-3-5-10(7,8)6-9-4-2/h3-6H2,1-2H3. The molecule has 2 nitrogen and oxygen atoms in total. The normalized spacial score (nSPS) is 11.8. The van der Waals surface area contributed by atoms with Crippen LogP contribution in [0.5, 0.6) is 0 Å². The van der Waals surface area contributed by atoms with E-state index in [2.05, 4.69) is 0 Å². The average molecular weight is 182 g/mol. The fourth-order valence-corrected chi connectivity index (χ4v) is 3.36. The molecular weight excluding hydrogens is 168 g/mol. The van der Waals surface area contributed by atoms with Gasteiger partial charge in [0.25, 0.3) is 0 Å². The fourth-order valence-electron chi connectivity index (χ4n) is 0.580. The van der Waals surface area contributed by atoms with Crippen molar-refractivity contribution in [3.63, 3.8) is 0 Å². The van der Waals surface area contributed by atoms with Crippen LogP contribution in [0.25, 0.3) is 0 Å². The molecule has 62 valence electrons. The molecule has 0 rings (SSSR count). The number of rotatable bonds is 5. The topological polar surface area (TPSA) is 34.1 Å². The van der Waals surface area contributed by atoms with Gasteiger partial charge in [-0.2, -0.15) is 0 Å². The Morgan fingerprint density at radius 3 is 2.30 bits per heavy atom. The van der Waals surface area contributed by atoms with E-state index in [1.807, 2.05) is 13.8 Å². The third-order valence-electron chi connectivity index (χ3n) is 0.982. The number of sulfone groups is 1. The van der Waals surface area contributed by atoms with Crippen LogP contribution >= 0.6 is 11.8 Å². The third kappa shape index (κ3) is 5.11. The minimum absolute atomic E-state index is 0.289. The van der Waals surface area contributed by atoms with E-state index < -0.39 is 9.84 Å². The number of hydrogen-bond acceptors (Lipinski definition) is 3. The van der Waals surface area contributed by atoms with Crippen molar-refractivity contribution in [2.75, 3.05) is 16.6 Å². The van der Waals surface area contributed by atoms with E-state index in [1.165, 1.54) is 11.8 Å². The Labute approximate surface area is 67.3 Å². The molecule has 0 amide bonds. The maximum Gasteiger partial charge on any atom is 0.159 e. The summed E-state index contributed by atoms with van der Waals surface area (Å²) in [7, 11) is -2.73. The maximum atomic E-state index is 11.0. The molecule has 0 fully saturated rings. The van der Waals surface area contributed by atoms with E-state index in [-0.39, 0.29) is 5.08 Å². The van der Waals surface area contributed by atoms with Crippen LogP contribution < -0.4 is 0 Å². The van der Waals surface area contributed by atoms with Crippen LogP contribution in [0.4, 0.5) is 0 Å². The first-order valence-corrected chi connectivity index (χ1v) is 6.38. The second-order valence-corrected chi connectivity index (χ2v) is 5.88. The Balaban J connectivity index is 3.65. The van der Waals surface area contributed by atoms with Crippen LogP contribution in [-0.4, -0.2) is 25.0 Å². The Morgan fingerprint density at radius 2 is 1.90 bits per heavy atom. The number of hydrogen-bond donors (Lipinski definition) is 0.